The lowest BCUT2D eigenvalue weighted by Gasteiger charge is -2.12. The van der Waals surface area contributed by atoms with Crippen LogP contribution < -0.4 is 5.48 Å². The monoisotopic (exact) mass is 277 g/mol. The minimum absolute atomic E-state index is 0.192. The summed E-state index contributed by atoms with van der Waals surface area (Å²) in [4.78, 5) is 16.5. The smallest absolute Gasteiger partial charge is 0.270 e. The van der Waals surface area contributed by atoms with Gasteiger partial charge in [-0.2, -0.15) is 0 Å². The van der Waals surface area contributed by atoms with Crippen molar-refractivity contribution >= 4 is 5.91 Å². The average molecular weight is 277 g/mol. The maximum atomic E-state index is 13.3. The van der Waals surface area contributed by atoms with E-state index in [2.05, 4.69) is 0 Å². The van der Waals surface area contributed by atoms with Crippen LogP contribution in [0.2, 0.25) is 0 Å². The van der Waals surface area contributed by atoms with Gasteiger partial charge in [-0.1, -0.05) is 12.8 Å². The van der Waals surface area contributed by atoms with Gasteiger partial charge in [0.25, 0.3) is 5.91 Å². The highest BCUT2D eigenvalue weighted by molar-refractivity contribution is 5.93. The molecule has 1 amide bonds. The Kier molecular flexibility index (Phi) is 4.04. The van der Waals surface area contributed by atoms with E-state index >= 15 is 0 Å². The molecule has 0 heterocycles. The van der Waals surface area contributed by atoms with Crippen LogP contribution in [0.5, 0.6) is 0 Å². The van der Waals surface area contributed by atoms with Gasteiger partial charge in [0.2, 0.25) is 0 Å². The van der Waals surface area contributed by atoms with E-state index in [1.807, 2.05) is 5.48 Å². The molecule has 1 fully saturated rings. The zero-order chi connectivity index (χ0) is 14.0. The lowest BCUT2D eigenvalue weighted by molar-refractivity contribution is -0.0127. The Morgan fingerprint density at radius 1 is 1.11 bits per heavy atom. The highest BCUT2D eigenvalue weighted by Gasteiger charge is 2.24. The minimum Gasteiger partial charge on any atom is -0.270 e. The number of hydrogen-bond acceptors (Lipinski definition) is 2. The molecule has 1 aliphatic rings. The second-order valence-electron chi connectivity index (χ2n) is 4.30. The molecule has 1 saturated carbocycles. The van der Waals surface area contributed by atoms with E-state index in [9.17, 15) is 22.4 Å². The Morgan fingerprint density at radius 3 is 2.37 bits per heavy atom. The molecular weight excluding hydrogens is 266 g/mol. The Balaban J connectivity index is 2.10. The summed E-state index contributed by atoms with van der Waals surface area (Å²) in [7, 11) is 0. The Hall–Kier alpha value is -1.63. The molecule has 0 radical (unpaired) electrons. The maximum Gasteiger partial charge on any atom is 0.278 e. The quantitative estimate of drug-likeness (QED) is 0.399. The zero-order valence-corrected chi connectivity index (χ0v) is 9.81. The first kappa shape index (κ1) is 13.8. The molecule has 0 spiro atoms. The predicted molar refractivity (Wildman–Crippen MR) is 57.1 cm³/mol. The second kappa shape index (κ2) is 5.56. The average Bonchev–Trinajstić information content (AvgIpc) is 2.91. The topological polar surface area (TPSA) is 38.3 Å². The van der Waals surface area contributed by atoms with Crippen LogP contribution in [0.15, 0.2) is 6.07 Å². The number of amides is 1. The van der Waals surface area contributed by atoms with Gasteiger partial charge in [-0.05, 0) is 18.9 Å². The molecule has 3 nitrogen and oxygen atoms in total. The fraction of sp³-hybridized carbons (Fsp3) is 0.417. The van der Waals surface area contributed by atoms with Crippen molar-refractivity contribution in [3.63, 3.8) is 0 Å². The molecule has 0 unspecified atom stereocenters. The SMILES string of the molecule is O=C(NOC1CCCC1)c1cc(F)c(F)c(F)c1F. The van der Waals surface area contributed by atoms with Crippen molar-refractivity contribution in [1.29, 1.82) is 0 Å². The second-order valence-corrected chi connectivity index (χ2v) is 4.30. The number of carbonyl (C=O) groups excluding carboxylic acids is 1. The summed E-state index contributed by atoms with van der Waals surface area (Å²) in [6.07, 6.45) is 3.20. The molecule has 1 aromatic carbocycles. The van der Waals surface area contributed by atoms with E-state index in [4.69, 9.17) is 4.84 Å². The van der Waals surface area contributed by atoms with Crippen molar-refractivity contribution in [1.82, 2.24) is 5.48 Å². The summed E-state index contributed by atoms with van der Waals surface area (Å²) in [6, 6.07) is 0.293. The highest BCUT2D eigenvalue weighted by Crippen LogP contribution is 2.21. The lowest BCUT2D eigenvalue weighted by Crippen LogP contribution is -2.29. The van der Waals surface area contributed by atoms with Crippen LogP contribution in [0.25, 0.3) is 0 Å². The fourth-order valence-corrected chi connectivity index (χ4v) is 1.94. The molecule has 7 heteroatoms. The number of hydrogen-bond donors (Lipinski definition) is 1. The predicted octanol–water partition coefficient (Wildman–Crippen LogP) is 2.85. The van der Waals surface area contributed by atoms with Crippen LogP contribution in [0.4, 0.5) is 17.6 Å². The van der Waals surface area contributed by atoms with E-state index in [1.165, 1.54) is 0 Å². The molecule has 104 valence electrons. The van der Waals surface area contributed by atoms with Gasteiger partial charge in [0.1, 0.15) is 0 Å². The first-order chi connectivity index (χ1) is 9.00. The van der Waals surface area contributed by atoms with E-state index < -0.39 is 34.7 Å². The Bertz CT molecular complexity index is 501. The van der Waals surface area contributed by atoms with Gasteiger partial charge in [0.05, 0.1) is 11.7 Å². The fourth-order valence-electron chi connectivity index (χ4n) is 1.94. The van der Waals surface area contributed by atoms with Crippen LogP contribution in [-0.2, 0) is 4.84 Å². The van der Waals surface area contributed by atoms with E-state index in [-0.39, 0.29) is 6.10 Å². The summed E-state index contributed by atoms with van der Waals surface area (Å²) in [6.45, 7) is 0. The van der Waals surface area contributed by atoms with Crippen molar-refractivity contribution in [3.8, 4) is 0 Å². The molecule has 0 bridgehead atoms. The van der Waals surface area contributed by atoms with Crippen molar-refractivity contribution < 1.29 is 27.2 Å². The summed E-state index contributed by atoms with van der Waals surface area (Å²) in [5, 5.41) is 0. The molecule has 0 aliphatic heterocycles. The number of carbonyl (C=O) groups is 1. The normalized spacial score (nSPS) is 15.8. The van der Waals surface area contributed by atoms with E-state index in [1.54, 1.807) is 0 Å². The third-order valence-corrected chi connectivity index (χ3v) is 2.97. The third-order valence-electron chi connectivity index (χ3n) is 2.97. The van der Waals surface area contributed by atoms with Crippen molar-refractivity contribution in [2.24, 2.45) is 0 Å². The van der Waals surface area contributed by atoms with Crippen molar-refractivity contribution in [2.45, 2.75) is 31.8 Å². The molecule has 0 atom stereocenters. The van der Waals surface area contributed by atoms with Gasteiger partial charge < -0.3 is 0 Å². The number of halogens is 4. The van der Waals surface area contributed by atoms with Gasteiger partial charge in [0, 0.05) is 0 Å². The number of benzene rings is 1. The molecule has 19 heavy (non-hydrogen) atoms. The van der Waals surface area contributed by atoms with Gasteiger partial charge in [-0.3, -0.25) is 9.63 Å². The minimum atomic E-state index is -2.02. The van der Waals surface area contributed by atoms with Crippen LogP contribution in [0.1, 0.15) is 36.0 Å². The summed E-state index contributed by atoms with van der Waals surface area (Å²) in [5.41, 5.74) is 0.985. The number of rotatable bonds is 3. The van der Waals surface area contributed by atoms with Crippen LogP contribution in [0, 0.1) is 23.3 Å². The number of nitrogens with one attached hydrogen (secondary N) is 1. The first-order valence-corrected chi connectivity index (χ1v) is 5.79. The lowest BCUT2D eigenvalue weighted by atomic mass is 10.2. The van der Waals surface area contributed by atoms with Crippen molar-refractivity contribution in [3.05, 3.63) is 34.9 Å². The number of hydroxylamine groups is 1. The molecular formula is C12H11F4NO2. The Labute approximate surface area is 106 Å². The van der Waals surface area contributed by atoms with Gasteiger partial charge in [-0.25, -0.2) is 23.0 Å². The Morgan fingerprint density at radius 2 is 1.74 bits per heavy atom. The highest BCUT2D eigenvalue weighted by atomic mass is 19.2. The standard InChI is InChI=1S/C12H11F4NO2/c13-8-5-7(9(14)11(16)10(8)15)12(18)17-19-6-3-1-2-4-6/h5-6H,1-4H2,(H,17,18). The molecule has 1 aromatic rings. The molecule has 2 rings (SSSR count). The van der Waals surface area contributed by atoms with Crippen LogP contribution in [-0.4, -0.2) is 12.0 Å². The van der Waals surface area contributed by atoms with Gasteiger partial charge in [-0.15, -0.1) is 0 Å². The first-order valence-electron chi connectivity index (χ1n) is 5.79. The largest absolute Gasteiger partial charge is 0.278 e. The molecule has 0 saturated heterocycles. The maximum absolute atomic E-state index is 13.3. The summed E-state index contributed by atoms with van der Waals surface area (Å²) >= 11 is 0. The van der Waals surface area contributed by atoms with E-state index in [0.717, 1.165) is 25.7 Å². The van der Waals surface area contributed by atoms with E-state index in [0.29, 0.717) is 6.07 Å². The van der Waals surface area contributed by atoms with Gasteiger partial charge >= 0.3 is 0 Å². The molecule has 1 N–H and O–H groups in total. The molecule has 0 aromatic heterocycles. The van der Waals surface area contributed by atoms with Crippen LogP contribution >= 0.6 is 0 Å². The van der Waals surface area contributed by atoms with Crippen molar-refractivity contribution in [2.75, 3.05) is 0 Å². The van der Waals surface area contributed by atoms with Gasteiger partial charge in [0.15, 0.2) is 23.3 Å². The zero-order valence-electron chi connectivity index (χ0n) is 9.81. The third kappa shape index (κ3) is 2.86. The van der Waals surface area contributed by atoms with Crippen LogP contribution in [0.3, 0.4) is 0 Å². The summed E-state index contributed by atoms with van der Waals surface area (Å²) in [5.74, 6) is -8.50. The summed E-state index contributed by atoms with van der Waals surface area (Å²) < 4.78 is 51.9. The molecule has 1 aliphatic carbocycles.